The Morgan fingerprint density at radius 1 is 0.778 bits per heavy atom. The number of carbonyl (C=O) groups is 1. The van der Waals surface area contributed by atoms with Crippen LogP contribution in [0.1, 0.15) is 55.3 Å². The van der Waals surface area contributed by atoms with E-state index in [9.17, 15) is 18.8 Å². The van der Waals surface area contributed by atoms with Gasteiger partial charge in [-0.15, -0.1) is 10.2 Å². The second-order valence-electron chi connectivity index (χ2n) is 11.8. The van der Waals surface area contributed by atoms with Gasteiger partial charge in [0.2, 0.25) is 0 Å². The number of ketones is 1. The van der Waals surface area contributed by atoms with Crippen LogP contribution < -0.4 is 11.4 Å². The van der Waals surface area contributed by atoms with Gasteiger partial charge >= 0.3 is 11.4 Å². The van der Waals surface area contributed by atoms with Crippen LogP contribution in [0.4, 0.5) is 4.39 Å². The van der Waals surface area contributed by atoms with Gasteiger partial charge in [-0.25, -0.2) is 23.3 Å². The van der Waals surface area contributed by atoms with Crippen LogP contribution in [0.3, 0.4) is 0 Å². The number of carbonyl (C=O) groups excluding carboxylic acids is 1. The number of pyridine rings is 2. The highest BCUT2D eigenvalue weighted by atomic mass is 79.9. The van der Waals surface area contributed by atoms with Gasteiger partial charge in [0.25, 0.3) is 0 Å². The Bertz CT molecular complexity index is 1880. The van der Waals surface area contributed by atoms with Crippen molar-refractivity contribution in [2.75, 3.05) is 11.9 Å². The minimum atomic E-state index is -0.421. The lowest BCUT2D eigenvalue weighted by atomic mass is 9.85. The van der Waals surface area contributed by atoms with Crippen molar-refractivity contribution >= 4 is 33.0 Å². The summed E-state index contributed by atoms with van der Waals surface area (Å²) in [4.78, 5) is 39.3. The molecule has 5 aromatic rings. The minimum Gasteiger partial charge on any atom is -0.297 e. The highest BCUT2D eigenvalue weighted by Gasteiger charge is 2.40. The molecule has 2 saturated heterocycles. The third kappa shape index (κ3) is 6.86. The molecule has 0 amide bonds. The molecule has 2 fully saturated rings. The Hall–Kier alpha value is -3.90. The average Bonchev–Trinajstić information content (AvgIpc) is 3.63. The molecule has 12 heteroatoms. The third-order valence-corrected chi connectivity index (χ3v) is 9.46. The molecule has 0 N–H and O–H groups in total. The maximum Gasteiger partial charge on any atom is 0.350 e. The Balaban J connectivity index is 0.000000213. The fraction of sp³-hybridized carbons (Fsp3) is 0.424. The molecule has 2 unspecified atom stereocenters. The summed E-state index contributed by atoms with van der Waals surface area (Å²) < 4.78 is 20.1. The quantitative estimate of drug-likeness (QED) is 0.155. The van der Waals surface area contributed by atoms with Crippen LogP contribution in [0.15, 0.2) is 82.6 Å². The monoisotopic (exact) mass is 677 g/mol. The van der Waals surface area contributed by atoms with Crippen molar-refractivity contribution in [1.29, 1.82) is 0 Å². The number of piperidine rings is 1. The second-order valence-corrected chi connectivity index (χ2v) is 12.6. The number of halogens is 2. The molecule has 1 aromatic carbocycles. The fourth-order valence-electron chi connectivity index (χ4n) is 6.82. The summed E-state index contributed by atoms with van der Waals surface area (Å²) in [6.07, 6.45) is 9.98. The van der Waals surface area contributed by atoms with Gasteiger partial charge in [0.1, 0.15) is 5.82 Å². The molecule has 6 heterocycles. The van der Waals surface area contributed by atoms with E-state index in [0.29, 0.717) is 48.8 Å². The average molecular weight is 679 g/mol. The number of hydrogen-bond acceptors (Lipinski definition) is 6. The molecule has 0 aliphatic carbocycles. The molecule has 7 rings (SSSR count). The predicted octanol–water partition coefficient (Wildman–Crippen LogP) is 4.82. The number of hydrogen-bond donors (Lipinski definition) is 0. The lowest BCUT2D eigenvalue weighted by molar-refractivity contribution is 0.0802. The van der Waals surface area contributed by atoms with Crippen molar-refractivity contribution in [2.45, 2.75) is 70.1 Å². The first-order valence-corrected chi connectivity index (χ1v) is 16.7. The molecule has 2 bridgehead atoms. The standard InChI is InChI=1S/C24H27FN4O2.C9H10BrN3O/c25-21-7-2-1-6-20(21)22(30)16-17-14-18-9-10-19(15-17)27(18)12-5-13-29-24(31)28-11-4-3-8-23(28)26-29;10-5-3-7-13-9(14)12-6-2-1-4-8(12)11-13/h1-4,6-8,11,17-19H,5,9-10,12-16H2;1-2,4,6H,3,5,7H2. The van der Waals surface area contributed by atoms with Crippen LogP contribution in [0.25, 0.3) is 11.3 Å². The van der Waals surface area contributed by atoms with Gasteiger partial charge in [-0.05, 0) is 80.8 Å². The number of benzene rings is 1. The lowest BCUT2D eigenvalue weighted by Crippen LogP contribution is -2.44. The fourth-order valence-corrected chi connectivity index (χ4v) is 7.07. The number of aromatic nitrogens is 6. The summed E-state index contributed by atoms with van der Waals surface area (Å²) in [6.45, 7) is 2.20. The van der Waals surface area contributed by atoms with Crippen LogP contribution in [-0.4, -0.2) is 63.0 Å². The third-order valence-electron chi connectivity index (χ3n) is 8.90. The minimum absolute atomic E-state index is 0.0680. The number of aryl methyl sites for hydroxylation is 2. The molecule has 236 valence electrons. The van der Waals surface area contributed by atoms with Crippen molar-refractivity contribution in [3.05, 3.63) is 105 Å². The number of nitrogens with zero attached hydrogens (tertiary/aromatic N) is 7. The van der Waals surface area contributed by atoms with Gasteiger partial charge in [0, 0.05) is 55.9 Å². The molecule has 10 nitrogen and oxygen atoms in total. The van der Waals surface area contributed by atoms with E-state index in [4.69, 9.17) is 0 Å². The van der Waals surface area contributed by atoms with Crippen molar-refractivity contribution in [2.24, 2.45) is 5.92 Å². The first-order valence-electron chi connectivity index (χ1n) is 15.6. The highest BCUT2D eigenvalue weighted by Crippen LogP contribution is 2.40. The van der Waals surface area contributed by atoms with E-state index >= 15 is 0 Å². The lowest BCUT2D eigenvalue weighted by Gasteiger charge is -2.39. The Kier molecular flexibility index (Phi) is 9.70. The zero-order valence-corrected chi connectivity index (χ0v) is 26.6. The summed E-state index contributed by atoms with van der Waals surface area (Å²) >= 11 is 3.33. The summed E-state index contributed by atoms with van der Waals surface area (Å²) in [6, 6.07) is 18.3. The predicted molar refractivity (Wildman–Crippen MR) is 174 cm³/mol. The van der Waals surface area contributed by atoms with Crippen LogP contribution >= 0.6 is 15.9 Å². The van der Waals surface area contributed by atoms with Crippen molar-refractivity contribution in [1.82, 2.24) is 33.3 Å². The molecule has 0 saturated carbocycles. The molecule has 2 atom stereocenters. The summed E-state index contributed by atoms with van der Waals surface area (Å²) in [5.74, 6) is -0.181. The summed E-state index contributed by atoms with van der Waals surface area (Å²) in [5.41, 5.74) is 1.43. The normalized spacial score (nSPS) is 19.6. The van der Waals surface area contributed by atoms with Gasteiger partial charge in [-0.2, -0.15) is 0 Å². The van der Waals surface area contributed by atoms with E-state index in [0.717, 1.165) is 50.4 Å². The zero-order valence-electron chi connectivity index (χ0n) is 25.0. The van der Waals surface area contributed by atoms with Gasteiger partial charge in [0.05, 0.1) is 5.56 Å². The second kappa shape index (κ2) is 14.0. The van der Waals surface area contributed by atoms with Gasteiger partial charge in [-0.3, -0.25) is 18.5 Å². The zero-order chi connectivity index (χ0) is 31.3. The van der Waals surface area contributed by atoms with E-state index in [2.05, 4.69) is 31.0 Å². The maximum atomic E-state index is 13.9. The van der Waals surface area contributed by atoms with Gasteiger partial charge in [0.15, 0.2) is 17.1 Å². The molecule has 0 radical (unpaired) electrons. The van der Waals surface area contributed by atoms with Gasteiger partial charge < -0.3 is 0 Å². The SMILES string of the molecule is O=C(CC1CC2CCC(C1)N2CCCn1nc2ccccn2c1=O)c1ccccc1F.O=c1n(CCCBr)nc2ccccn12. The molecular weight excluding hydrogens is 641 g/mol. The largest absolute Gasteiger partial charge is 0.350 e. The molecular formula is C33H37BrFN7O3. The first kappa shape index (κ1) is 31.1. The van der Waals surface area contributed by atoms with E-state index in [1.165, 1.54) is 10.7 Å². The van der Waals surface area contributed by atoms with E-state index < -0.39 is 5.82 Å². The maximum absolute atomic E-state index is 13.9. The molecule has 2 aliphatic heterocycles. The summed E-state index contributed by atoms with van der Waals surface area (Å²) in [7, 11) is 0. The molecule has 4 aromatic heterocycles. The van der Waals surface area contributed by atoms with Crippen molar-refractivity contribution < 1.29 is 9.18 Å². The van der Waals surface area contributed by atoms with E-state index in [-0.39, 0.29) is 22.7 Å². The number of alkyl halides is 1. The topological polar surface area (TPSA) is 98.9 Å². The number of rotatable bonds is 10. The molecule has 45 heavy (non-hydrogen) atoms. The van der Waals surface area contributed by atoms with E-state index in [1.807, 2.05) is 36.4 Å². The van der Waals surface area contributed by atoms with Crippen LogP contribution in [-0.2, 0) is 13.1 Å². The van der Waals surface area contributed by atoms with Crippen molar-refractivity contribution in [3.63, 3.8) is 0 Å². The number of Topliss-reactive ketones (excluding diaryl/α,β-unsaturated/α-hetero) is 1. The van der Waals surface area contributed by atoms with Crippen molar-refractivity contribution in [3.8, 4) is 0 Å². The van der Waals surface area contributed by atoms with Crippen LogP contribution in [0.5, 0.6) is 0 Å². The Labute approximate surface area is 268 Å². The smallest absolute Gasteiger partial charge is 0.297 e. The van der Waals surface area contributed by atoms with E-state index in [1.54, 1.807) is 44.1 Å². The summed E-state index contributed by atoms with van der Waals surface area (Å²) in [5, 5.41) is 9.49. The Morgan fingerprint density at radius 2 is 1.33 bits per heavy atom. The van der Waals surface area contributed by atoms with Gasteiger partial charge in [-0.1, -0.05) is 40.2 Å². The Morgan fingerprint density at radius 3 is 1.89 bits per heavy atom. The number of fused-ring (bicyclic) bond motifs is 4. The van der Waals surface area contributed by atoms with Crippen LogP contribution in [0, 0.1) is 11.7 Å². The molecule has 0 spiro atoms. The van der Waals surface area contributed by atoms with Crippen LogP contribution in [0.2, 0.25) is 0 Å². The first-order chi connectivity index (χ1) is 21.9. The highest BCUT2D eigenvalue weighted by molar-refractivity contribution is 9.09. The molecule has 2 aliphatic rings.